The fourth-order valence-corrected chi connectivity index (χ4v) is 3.61. The molecule has 0 aliphatic heterocycles. The van der Waals surface area contributed by atoms with Crippen molar-refractivity contribution in [2.24, 2.45) is 0 Å². The summed E-state index contributed by atoms with van der Waals surface area (Å²) in [6.07, 6.45) is 5.79. The van der Waals surface area contributed by atoms with Crippen molar-refractivity contribution in [3.63, 3.8) is 0 Å². The fraction of sp³-hybridized carbons (Fsp3) is 0.545. The summed E-state index contributed by atoms with van der Waals surface area (Å²) in [5.41, 5.74) is 0.273. The van der Waals surface area contributed by atoms with E-state index in [4.69, 9.17) is 0 Å². The van der Waals surface area contributed by atoms with E-state index < -0.39 is 10.0 Å². The van der Waals surface area contributed by atoms with Gasteiger partial charge in [0.2, 0.25) is 10.0 Å². The molecule has 1 saturated carbocycles. The molecule has 5 nitrogen and oxygen atoms in total. The summed E-state index contributed by atoms with van der Waals surface area (Å²) in [6, 6.07) is 1.65. The molecule has 0 spiro atoms. The van der Waals surface area contributed by atoms with Gasteiger partial charge in [-0.05, 0) is 32.3 Å². The third-order valence-electron chi connectivity index (χ3n) is 3.18. The van der Waals surface area contributed by atoms with Gasteiger partial charge < -0.3 is 5.32 Å². The maximum absolute atomic E-state index is 12.2. The van der Waals surface area contributed by atoms with Crippen molar-refractivity contribution in [2.75, 3.05) is 12.4 Å². The summed E-state index contributed by atoms with van der Waals surface area (Å²) in [7, 11) is -1.80. The SMILES string of the molecule is CNc1ccncc1S(=O)(=O)NC1(C)CCC1. The van der Waals surface area contributed by atoms with Crippen molar-refractivity contribution in [3.05, 3.63) is 18.5 Å². The Morgan fingerprint density at radius 3 is 2.65 bits per heavy atom. The van der Waals surface area contributed by atoms with Crippen LogP contribution >= 0.6 is 0 Å². The lowest BCUT2D eigenvalue weighted by Gasteiger charge is -2.38. The predicted molar refractivity (Wildman–Crippen MR) is 66.4 cm³/mol. The first kappa shape index (κ1) is 12.3. The normalized spacial score (nSPS) is 18.5. The second kappa shape index (κ2) is 4.27. The molecule has 0 aromatic carbocycles. The fourth-order valence-electron chi connectivity index (χ4n) is 1.99. The number of rotatable bonds is 4. The summed E-state index contributed by atoms with van der Waals surface area (Å²) in [5.74, 6) is 0. The van der Waals surface area contributed by atoms with Crippen LogP contribution in [0.3, 0.4) is 0 Å². The molecule has 0 bridgehead atoms. The molecule has 2 rings (SSSR count). The Labute approximate surface area is 102 Å². The molecule has 2 N–H and O–H groups in total. The van der Waals surface area contributed by atoms with Gasteiger partial charge in [0.1, 0.15) is 4.90 Å². The lowest BCUT2D eigenvalue weighted by molar-refractivity contribution is 0.248. The molecule has 1 fully saturated rings. The van der Waals surface area contributed by atoms with E-state index in [0.29, 0.717) is 5.69 Å². The van der Waals surface area contributed by atoms with Crippen LogP contribution < -0.4 is 10.0 Å². The predicted octanol–water partition coefficient (Wildman–Crippen LogP) is 1.34. The number of nitrogens with zero attached hydrogens (tertiary/aromatic N) is 1. The van der Waals surface area contributed by atoms with E-state index in [9.17, 15) is 8.42 Å². The molecule has 0 atom stereocenters. The van der Waals surface area contributed by atoms with Gasteiger partial charge >= 0.3 is 0 Å². The van der Waals surface area contributed by atoms with Crippen molar-refractivity contribution >= 4 is 15.7 Å². The molecular weight excluding hydrogens is 238 g/mol. The summed E-state index contributed by atoms with van der Waals surface area (Å²) >= 11 is 0. The highest BCUT2D eigenvalue weighted by Crippen LogP contribution is 2.33. The molecule has 17 heavy (non-hydrogen) atoms. The zero-order chi connectivity index (χ0) is 12.5. The van der Waals surface area contributed by atoms with Gasteiger partial charge in [0.25, 0.3) is 0 Å². The second-order valence-corrected chi connectivity index (χ2v) is 6.29. The van der Waals surface area contributed by atoms with Gasteiger partial charge in [-0.2, -0.15) is 0 Å². The summed E-state index contributed by atoms with van der Waals surface area (Å²) in [5, 5.41) is 2.86. The van der Waals surface area contributed by atoms with Gasteiger partial charge in [-0.25, -0.2) is 13.1 Å². The van der Waals surface area contributed by atoms with Crippen LogP contribution in [0, 0.1) is 0 Å². The summed E-state index contributed by atoms with van der Waals surface area (Å²) in [6.45, 7) is 1.93. The van der Waals surface area contributed by atoms with Gasteiger partial charge in [0.15, 0.2) is 0 Å². The lowest BCUT2D eigenvalue weighted by atomic mass is 9.80. The molecule has 0 unspecified atom stereocenters. The molecule has 1 heterocycles. The van der Waals surface area contributed by atoms with E-state index >= 15 is 0 Å². The van der Waals surface area contributed by atoms with E-state index in [-0.39, 0.29) is 10.4 Å². The Kier molecular flexibility index (Phi) is 3.09. The monoisotopic (exact) mass is 255 g/mol. The topological polar surface area (TPSA) is 71.1 Å². The van der Waals surface area contributed by atoms with Crippen LogP contribution in [0.5, 0.6) is 0 Å². The van der Waals surface area contributed by atoms with Crippen LogP contribution in [0.15, 0.2) is 23.4 Å². The Bertz CT molecular complexity index is 509. The Balaban J connectivity index is 2.31. The summed E-state index contributed by atoms with van der Waals surface area (Å²) < 4.78 is 27.2. The highest BCUT2D eigenvalue weighted by atomic mass is 32.2. The lowest BCUT2D eigenvalue weighted by Crippen LogP contribution is -2.50. The van der Waals surface area contributed by atoms with Crippen molar-refractivity contribution in [2.45, 2.75) is 36.6 Å². The number of sulfonamides is 1. The average Bonchev–Trinajstić information content (AvgIpc) is 2.26. The largest absolute Gasteiger partial charge is 0.387 e. The first-order chi connectivity index (χ1) is 7.97. The highest BCUT2D eigenvalue weighted by Gasteiger charge is 2.36. The molecule has 1 aliphatic rings. The van der Waals surface area contributed by atoms with Crippen LogP contribution in [0.4, 0.5) is 5.69 Å². The van der Waals surface area contributed by atoms with Gasteiger partial charge in [-0.3, -0.25) is 4.98 Å². The molecule has 94 valence electrons. The molecule has 1 aliphatic carbocycles. The van der Waals surface area contributed by atoms with Crippen molar-refractivity contribution in [1.82, 2.24) is 9.71 Å². The zero-order valence-electron chi connectivity index (χ0n) is 10.0. The van der Waals surface area contributed by atoms with E-state index in [1.54, 1.807) is 19.3 Å². The minimum Gasteiger partial charge on any atom is -0.387 e. The minimum absolute atomic E-state index is 0.204. The minimum atomic E-state index is -3.50. The number of hydrogen-bond donors (Lipinski definition) is 2. The first-order valence-electron chi connectivity index (χ1n) is 5.63. The molecule has 6 heteroatoms. The van der Waals surface area contributed by atoms with Crippen LogP contribution in [-0.4, -0.2) is 26.0 Å². The van der Waals surface area contributed by atoms with Crippen LogP contribution in [0.1, 0.15) is 26.2 Å². The van der Waals surface area contributed by atoms with E-state index in [1.165, 1.54) is 6.20 Å². The van der Waals surface area contributed by atoms with E-state index in [1.807, 2.05) is 6.92 Å². The molecule has 0 saturated heterocycles. The maximum atomic E-state index is 12.2. The molecular formula is C11H17N3O2S. The third-order valence-corrected chi connectivity index (χ3v) is 4.85. The van der Waals surface area contributed by atoms with Crippen LogP contribution in [-0.2, 0) is 10.0 Å². The number of hydrogen-bond acceptors (Lipinski definition) is 4. The molecule has 1 aromatic rings. The highest BCUT2D eigenvalue weighted by molar-refractivity contribution is 7.89. The van der Waals surface area contributed by atoms with Crippen LogP contribution in [0.25, 0.3) is 0 Å². The molecule has 0 radical (unpaired) electrons. The molecule has 1 aromatic heterocycles. The Hall–Kier alpha value is -1.14. The smallest absolute Gasteiger partial charge is 0.244 e. The van der Waals surface area contributed by atoms with Crippen molar-refractivity contribution in [1.29, 1.82) is 0 Å². The number of anilines is 1. The Morgan fingerprint density at radius 1 is 1.41 bits per heavy atom. The van der Waals surface area contributed by atoms with Gasteiger partial charge in [-0.1, -0.05) is 0 Å². The van der Waals surface area contributed by atoms with Crippen LogP contribution in [0.2, 0.25) is 0 Å². The van der Waals surface area contributed by atoms with Crippen molar-refractivity contribution in [3.8, 4) is 0 Å². The van der Waals surface area contributed by atoms with Gasteiger partial charge in [-0.15, -0.1) is 0 Å². The van der Waals surface area contributed by atoms with Gasteiger partial charge in [0.05, 0.1) is 5.69 Å². The first-order valence-corrected chi connectivity index (χ1v) is 7.11. The average molecular weight is 255 g/mol. The number of pyridine rings is 1. The van der Waals surface area contributed by atoms with Crippen molar-refractivity contribution < 1.29 is 8.42 Å². The quantitative estimate of drug-likeness (QED) is 0.852. The number of aromatic nitrogens is 1. The maximum Gasteiger partial charge on any atom is 0.244 e. The Morgan fingerprint density at radius 2 is 2.12 bits per heavy atom. The second-order valence-electron chi connectivity index (χ2n) is 4.64. The zero-order valence-corrected chi connectivity index (χ0v) is 10.8. The van der Waals surface area contributed by atoms with Gasteiger partial charge in [0, 0.05) is 25.0 Å². The van der Waals surface area contributed by atoms with E-state index in [2.05, 4.69) is 15.0 Å². The van der Waals surface area contributed by atoms with E-state index in [0.717, 1.165) is 19.3 Å². The molecule has 0 amide bonds. The number of nitrogens with one attached hydrogen (secondary N) is 2. The standard InChI is InChI=1S/C11H17N3O2S/c1-11(5-3-6-11)14-17(15,16)10-8-13-7-4-9(10)12-2/h4,7-8,14H,3,5-6H2,1-2H3,(H,12,13). The summed E-state index contributed by atoms with van der Waals surface area (Å²) in [4.78, 5) is 4.08. The third kappa shape index (κ3) is 2.42.